The molecule has 0 saturated heterocycles. The summed E-state index contributed by atoms with van der Waals surface area (Å²) in [5.41, 5.74) is 1.60. The van der Waals surface area contributed by atoms with Crippen LogP contribution in [0.2, 0.25) is 0 Å². The molecule has 8 nitrogen and oxygen atoms in total. The van der Waals surface area contributed by atoms with Gasteiger partial charge in [-0.2, -0.15) is 0 Å². The second kappa shape index (κ2) is 18.9. The smallest absolute Gasteiger partial charge is 0.224 e. The molecule has 1 unspecified atom stereocenters. The van der Waals surface area contributed by atoms with Gasteiger partial charge in [0.15, 0.2) is 11.6 Å². The van der Waals surface area contributed by atoms with Crippen LogP contribution in [-0.4, -0.2) is 66.8 Å². The van der Waals surface area contributed by atoms with Gasteiger partial charge in [-0.25, -0.2) is 0 Å². The molecule has 4 atom stereocenters. The summed E-state index contributed by atoms with van der Waals surface area (Å²) in [5.74, 6) is -1.82. The molecule has 0 aromatic heterocycles. The number of ketones is 3. The molecule has 1 saturated carbocycles. The quantitative estimate of drug-likeness (QED) is 0.159. The maximum atomic E-state index is 14.1. The van der Waals surface area contributed by atoms with Gasteiger partial charge in [0.2, 0.25) is 11.8 Å². The summed E-state index contributed by atoms with van der Waals surface area (Å²) in [7, 11) is 3.65. The van der Waals surface area contributed by atoms with Gasteiger partial charge in [-0.05, 0) is 82.0 Å². The number of benzene rings is 2. The zero-order chi connectivity index (χ0) is 36.1. The molecule has 8 heteroatoms. The number of aryl methyl sites for hydroxylation is 1. The SMILES string of the molecule is CC(C)C[C@H](NC(=O)C(CCc1ccccc1)CC(=O)CN(C)C)C(=O)C[C@@H](Cc1ccccc1)C(=O)N[C@@H](CC(C)C)C(=O)C1(C)CC1. The number of carbonyl (C=O) groups is 5. The zero-order valence-electron chi connectivity index (χ0n) is 30.8. The van der Waals surface area contributed by atoms with Crippen molar-refractivity contribution in [1.82, 2.24) is 15.5 Å². The summed E-state index contributed by atoms with van der Waals surface area (Å²) in [5, 5.41) is 6.08. The van der Waals surface area contributed by atoms with Crippen LogP contribution in [0.5, 0.6) is 0 Å². The second-order valence-electron chi connectivity index (χ2n) is 15.6. The predicted octanol–water partition coefficient (Wildman–Crippen LogP) is 6.01. The van der Waals surface area contributed by atoms with Crippen molar-refractivity contribution in [3.63, 3.8) is 0 Å². The topological polar surface area (TPSA) is 113 Å². The van der Waals surface area contributed by atoms with E-state index in [-0.39, 0.29) is 60.4 Å². The van der Waals surface area contributed by atoms with E-state index in [4.69, 9.17) is 0 Å². The molecule has 0 radical (unpaired) electrons. The van der Waals surface area contributed by atoms with Gasteiger partial charge >= 0.3 is 0 Å². The van der Waals surface area contributed by atoms with Crippen molar-refractivity contribution in [2.45, 2.75) is 104 Å². The number of hydrogen-bond acceptors (Lipinski definition) is 6. The molecule has 3 rings (SSSR count). The third kappa shape index (κ3) is 13.6. The molecule has 0 heterocycles. The highest BCUT2D eigenvalue weighted by Crippen LogP contribution is 2.47. The molecule has 1 fully saturated rings. The fourth-order valence-corrected chi connectivity index (χ4v) is 6.42. The van der Waals surface area contributed by atoms with E-state index in [0.29, 0.717) is 32.1 Å². The summed E-state index contributed by atoms with van der Waals surface area (Å²) in [6, 6.07) is 18.0. The molecule has 0 bridgehead atoms. The van der Waals surface area contributed by atoms with Crippen LogP contribution in [0.25, 0.3) is 0 Å². The van der Waals surface area contributed by atoms with Gasteiger partial charge in [0.05, 0.1) is 18.6 Å². The van der Waals surface area contributed by atoms with Crippen molar-refractivity contribution in [3.8, 4) is 0 Å². The third-order valence-corrected chi connectivity index (χ3v) is 9.45. The van der Waals surface area contributed by atoms with Gasteiger partial charge in [0.1, 0.15) is 5.78 Å². The highest BCUT2D eigenvalue weighted by molar-refractivity contribution is 5.97. The van der Waals surface area contributed by atoms with Crippen LogP contribution in [0.3, 0.4) is 0 Å². The molecular weight excluding hydrogens is 614 g/mol. The van der Waals surface area contributed by atoms with Gasteiger partial charge in [-0.1, -0.05) is 95.3 Å². The van der Waals surface area contributed by atoms with E-state index in [2.05, 4.69) is 10.6 Å². The van der Waals surface area contributed by atoms with Crippen LogP contribution in [0.1, 0.15) is 90.7 Å². The van der Waals surface area contributed by atoms with Crippen molar-refractivity contribution >= 4 is 29.2 Å². The standard InChI is InChI=1S/C41H59N3O5/c1-28(2)22-35(42-39(48)32(25-34(45)27-44(6)7)19-18-30-14-10-8-11-15-30)37(46)26-33(24-31-16-12-9-13-17-31)40(49)43-36(23-29(3)4)38(47)41(5)20-21-41/h8-17,28-29,32-33,35-36H,18-27H2,1-7H3,(H,42,48)(H,43,49)/t32?,33-,35+,36+/m1/s1. The molecule has 0 spiro atoms. The molecule has 2 amide bonds. The van der Waals surface area contributed by atoms with Crippen LogP contribution >= 0.6 is 0 Å². The Hall–Kier alpha value is -3.65. The molecular formula is C41H59N3O5. The molecule has 2 N–H and O–H groups in total. The predicted molar refractivity (Wildman–Crippen MR) is 195 cm³/mol. The Kier molecular flexibility index (Phi) is 15.4. The Balaban J connectivity index is 1.82. The van der Waals surface area contributed by atoms with Crippen LogP contribution in [0.4, 0.5) is 0 Å². The first-order chi connectivity index (χ1) is 23.2. The van der Waals surface area contributed by atoms with Crippen molar-refractivity contribution in [2.24, 2.45) is 29.1 Å². The first-order valence-electron chi connectivity index (χ1n) is 18.1. The van der Waals surface area contributed by atoms with Gasteiger partial charge < -0.3 is 15.5 Å². The number of amides is 2. The largest absolute Gasteiger partial charge is 0.346 e. The summed E-state index contributed by atoms with van der Waals surface area (Å²) < 4.78 is 0. The molecule has 2 aromatic carbocycles. The van der Waals surface area contributed by atoms with Crippen LogP contribution < -0.4 is 10.6 Å². The van der Waals surface area contributed by atoms with E-state index in [9.17, 15) is 24.0 Å². The summed E-state index contributed by atoms with van der Waals surface area (Å²) in [4.78, 5) is 70.1. The number of likely N-dealkylation sites (N-methyl/N-ethyl adjacent to an activating group) is 1. The summed E-state index contributed by atoms with van der Waals surface area (Å²) >= 11 is 0. The van der Waals surface area contributed by atoms with E-state index in [0.717, 1.165) is 24.0 Å². The van der Waals surface area contributed by atoms with Crippen molar-refractivity contribution in [3.05, 3.63) is 71.8 Å². The van der Waals surface area contributed by atoms with Gasteiger partial charge in [-0.3, -0.25) is 24.0 Å². The molecule has 0 aliphatic heterocycles. The molecule has 49 heavy (non-hydrogen) atoms. The van der Waals surface area contributed by atoms with E-state index < -0.39 is 29.3 Å². The second-order valence-corrected chi connectivity index (χ2v) is 15.6. The fourth-order valence-electron chi connectivity index (χ4n) is 6.42. The Morgan fingerprint density at radius 2 is 1.22 bits per heavy atom. The minimum atomic E-state index is -0.805. The zero-order valence-corrected chi connectivity index (χ0v) is 30.8. The lowest BCUT2D eigenvalue weighted by Gasteiger charge is -2.27. The molecule has 268 valence electrons. The highest BCUT2D eigenvalue weighted by Gasteiger charge is 2.48. The number of carbonyl (C=O) groups excluding carboxylic acids is 5. The van der Waals surface area contributed by atoms with Gasteiger partial charge in [-0.15, -0.1) is 0 Å². The summed E-state index contributed by atoms with van der Waals surface area (Å²) in [6.45, 7) is 10.3. The molecule has 2 aromatic rings. The monoisotopic (exact) mass is 673 g/mol. The number of nitrogens with one attached hydrogen (secondary N) is 2. The Labute approximate surface area is 294 Å². The van der Waals surface area contributed by atoms with Gasteiger partial charge in [0, 0.05) is 30.1 Å². The van der Waals surface area contributed by atoms with E-state index in [1.54, 1.807) is 4.90 Å². The van der Waals surface area contributed by atoms with E-state index >= 15 is 0 Å². The lowest BCUT2D eigenvalue weighted by Crippen LogP contribution is -2.49. The lowest BCUT2D eigenvalue weighted by atomic mass is 9.87. The normalized spacial score (nSPS) is 16.1. The first-order valence-corrected chi connectivity index (χ1v) is 18.1. The average molecular weight is 674 g/mol. The van der Waals surface area contributed by atoms with Gasteiger partial charge in [0.25, 0.3) is 0 Å². The van der Waals surface area contributed by atoms with Crippen LogP contribution in [-0.2, 0) is 36.8 Å². The van der Waals surface area contributed by atoms with Crippen molar-refractivity contribution < 1.29 is 24.0 Å². The first kappa shape index (κ1) is 39.8. The third-order valence-electron chi connectivity index (χ3n) is 9.45. The lowest BCUT2D eigenvalue weighted by molar-refractivity contribution is -0.135. The summed E-state index contributed by atoms with van der Waals surface area (Å²) in [6.07, 6.45) is 4.04. The average Bonchev–Trinajstić information content (AvgIpc) is 3.79. The number of Topliss-reactive ketones (excluding diaryl/α,β-unsaturated/α-hetero) is 3. The fraction of sp³-hybridized carbons (Fsp3) is 0.585. The number of rotatable bonds is 22. The van der Waals surface area contributed by atoms with E-state index in [1.807, 2.05) is 109 Å². The Bertz CT molecular complexity index is 1380. The van der Waals surface area contributed by atoms with E-state index in [1.165, 1.54) is 0 Å². The highest BCUT2D eigenvalue weighted by atomic mass is 16.2. The number of nitrogens with zero attached hydrogens (tertiary/aromatic N) is 1. The Morgan fingerprint density at radius 1 is 0.714 bits per heavy atom. The van der Waals surface area contributed by atoms with Crippen molar-refractivity contribution in [2.75, 3.05) is 20.6 Å². The number of hydrogen-bond donors (Lipinski definition) is 2. The Morgan fingerprint density at radius 3 is 1.76 bits per heavy atom. The minimum Gasteiger partial charge on any atom is -0.346 e. The van der Waals surface area contributed by atoms with Crippen LogP contribution in [0.15, 0.2) is 60.7 Å². The maximum Gasteiger partial charge on any atom is 0.224 e. The molecule has 1 aliphatic carbocycles. The van der Waals surface area contributed by atoms with Crippen LogP contribution in [0, 0.1) is 29.1 Å². The maximum absolute atomic E-state index is 14.1. The minimum absolute atomic E-state index is 0.0323. The van der Waals surface area contributed by atoms with Crippen molar-refractivity contribution in [1.29, 1.82) is 0 Å². The molecule has 1 aliphatic rings.